The number of hydrogen-bond acceptors (Lipinski definition) is 5. The van der Waals surface area contributed by atoms with Gasteiger partial charge in [-0.05, 0) is 11.6 Å². The third kappa shape index (κ3) is 5.03. The highest BCUT2D eigenvalue weighted by atomic mass is 35.5. The van der Waals surface area contributed by atoms with Crippen molar-refractivity contribution in [3.8, 4) is 0 Å². The fraction of sp³-hybridized carbons (Fsp3) is 0.222. The fourth-order valence-corrected chi connectivity index (χ4v) is 2.77. The van der Waals surface area contributed by atoms with Crippen LogP contribution < -0.4 is 5.32 Å². The lowest BCUT2D eigenvalue weighted by Crippen LogP contribution is -2.32. The highest BCUT2D eigenvalue weighted by Gasteiger charge is 2.22. The Hall–Kier alpha value is -2.93. The molecule has 2 aromatic rings. The Balaban J connectivity index is 2.20. The Kier molecular flexibility index (Phi) is 6.68. The van der Waals surface area contributed by atoms with E-state index in [1.165, 1.54) is 25.3 Å². The summed E-state index contributed by atoms with van der Waals surface area (Å²) in [5.41, 5.74) is 0.714. The molecule has 0 bridgehead atoms. The van der Waals surface area contributed by atoms with Gasteiger partial charge in [-0.3, -0.25) is 19.7 Å². The first-order chi connectivity index (χ1) is 12.4. The van der Waals surface area contributed by atoms with E-state index in [1.807, 2.05) is 0 Å². The molecule has 1 N–H and O–H groups in total. The van der Waals surface area contributed by atoms with Crippen molar-refractivity contribution in [1.29, 1.82) is 0 Å². The van der Waals surface area contributed by atoms with Crippen molar-refractivity contribution < 1.29 is 19.2 Å². The smallest absolute Gasteiger partial charge is 0.307 e. The average Bonchev–Trinajstić information content (AvgIpc) is 2.61. The molecule has 0 aliphatic rings. The standard InChI is InChI=1S/C18H17ClN2O5/c1-26-18(23)11-15(13-7-3-4-8-14(13)19)20-17(22)10-12-6-2-5-9-16(12)21(24)25/h2-9,15H,10-11H2,1H3,(H,20,22)/t15-/m0/s1. The van der Waals surface area contributed by atoms with Crippen molar-refractivity contribution in [2.24, 2.45) is 0 Å². The summed E-state index contributed by atoms with van der Waals surface area (Å²) in [6.07, 6.45) is -0.303. The maximum atomic E-state index is 12.4. The van der Waals surface area contributed by atoms with E-state index in [2.05, 4.69) is 10.1 Å². The maximum Gasteiger partial charge on any atom is 0.307 e. The van der Waals surface area contributed by atoms with E-state index in [0.717, 1.165) is 0 Å². The second-order valence-corrected chi connectivity index (χ2v) is 5.89. The van der Waals surface area contributed by atoms with Gasteiger partial charge in [-0.2, -0.15) is 0 Å². The molecule has 0 aliphatic heterocycles. The summed E-state index contributed by atoms with van der Waals surface area (Å²) < 4.78 is 4.67. The summed E-state index contributed by atoms with van der Waals surface area (Å²) in [7, 11) is 1.25. The van der Waals surface area contributed by atoms with Crippen LogP contribution in [0.15, 0.2) is 48.5 Å². The first-order valence-corrected chi connectivity index (χ1v) is 8.13. The Bertz CT molecular complexity index is 825. The number of methoxy groups -OCH3 is 1. The van der Waals surface area contributed by atoms with Crippen LogP contribution in [0.1, 0.15) is 23.6 Å². The summed E-state index contributed by atoms with van der Waals surface area (Å²) in [6, 6.07) is 12.1. The molecule has 2 rings (SSSR count). The van der Waals surface area contributed by atoms with Crippen molar-refractivity contribution in [3.63, 3.8) is 0 Å². The van der Waals surface area contributed by atoms with Crippen LogP contribution >= 0.6 is 11.6 Å². The van der Waals surface area contributed by atoms with Gasteiger partial charge in [0.2, 0.25) is 5.91 Å². The van der Waals surface area contributed by atoms with Crippen LogP contribution in [-0.2, 0) is 20.7 Å². The van der Waals surface area contributed by atoms with Crippen molar-refractivity contribution in [2.75, 3.05) is 7.11 Å². The molecular weight excluding hydrogens is 360 g/mol. The molecule has 1 atom stereocenters. The largest absolute Gasteiger partial charge is 0.469 e. The number of hydrogen-bond donors (Lipinski definition) is 1. The molecule has 0 aromatic heterocycles. The van der Waals surface area contributed by atoms with E-state index in [9.17, 15) is 19.7 Å². The molecule has 0 fully saturated rings. The third-order valence-electron chi connectivity index (χ3n) is 3.75. The first-order valence-electron chi connectivity index (χ1n) is 7.75. The van der Waals surface area contributed by atoms with E-state index < -0.39 is 22.8 Å². The van der Waals surface area contributed by atoms with Crippen molar-refractivity contribution >= 4 is 29.2 Å². The van der Waals surface area contributed by atoms with Crippen molar-refractivity contribution in [3.05, 3.63) is 74.8 Å². The number of carbonyl (C=O) groups is 2. The second kappa shape index (κ2) is 8.96. The molecule has 0 heterocycles. The summed E-state index contributed by atoms with van der Waals surface area (Å²) in [5.74, 6) is -0.978. The molecular formula is C18H17ClN2O5. The zero-order chi connectivity index (χ0) is 19.1. The number of benzene rings is 2. The van der Waals surface area contributed by atoms with E-state index in [4.69, 9.17) is 11.6 Å². The average molecular weight is 377 g/mol. The second-order valence-electron chi connectivity index (χ2n) is 5.48. The summed E-state index contributed by atoms with van der Waals surface area (Å²) in [5, 5.41) is 14.2. The van der Waals surface area contributed by atoms with Crippen LogP contribution in [0.2, 0.25) is 5.02 Å². The zero-order valence-electron chi connectivity index (χ0n) is 14.0. The lowest BCUT2D eigenvalue weighted by molar-refractivity contribution is -0.385. The highest BCUT2D eigenvalue weighted by Crippen LogP contribution is 2.26. The number of nitrogens with zero attached hydrogens (tertiary/aromatic N) is 1. The van der Waals surface area contributed by atoms with Gasteiger partial charge >= 0.3 is 5.97 Å². The van der Waals surface area contributed by atoms with Gasteiger partial charge < -0.3 is 10.1 Å². The van der Waals surface area contributed by atoms with Crippen LogP contribution in [-0.4, -0.2) is 23.9 Å². The predicted molar refractivity (Wildman–Crippen MR) is 95.8 cm³/mol. The minimum Gasteiger partial charge on any atom is -0.469 e. The Labute approximate surface area is 155 Å². The molecule has 0 saturated heterocycles. The minimum atomic E-state index is -0.702. The Morgan fingerprint density at radius 2 is 1.85 bits per heavy atom. The summed E-state index contributed by atoms with van der Waals surface area (Å²) >= 11 is 6.16. The van der Waals surface area contributed by atoms with Gasteiger partial charge in [-0.1, -0.05) is 48.0 Å². The van der Waals surface area contributed by atoms with E-state index in [1.54, 1.807) is 30.3 Å². The van der Waals surface area contributed by atoms with Crippen molar-refractivity contribution in [2.45, 2.75) is 18.9 Å². The molecule has 26 heavy (non-hydrogen) atoms. The number of rotatable bonds is 7. The molecule has 1 amide bonds. The molecule has 136 valence electrons. The number of halogens is 1. The maximum absolute atomic E-state index is 12.4. The van der Waals surface area contributed by atoms with Crippen LogP contribution in [0, 0.1) is 10.1 Å². The third-order valence-corrected chi connectivity index (χ3v) is 4.10. The number of nitro benzene ring substituents is 1. The highest BCUT2D eigenvalue weighted by molar-refractivity contribution is 6.31. The topological polar surface area (TPSA) is 98.5 Å². The van der Waals surface area contributed by atoms with Gasteiger partial charge in [0.05, 0.1) is 30.9 Å². The van der Waals surface area contributed by atoms with E-state index >= 15 is 0 Å². The molecule has 7 nitrogen and oxygen atoms in total. The van der Waals surface area contributed by atoms with Gasteiger partial charge in [0.25, 0.3) is 5.69 Å². The van der Waals surface area contributed by atoms with Gasteiger partial charge in [0.1, 0.15) is 0 Å². The number of amides is 1. The van der Waals surface area contributed by atoms with Crippen molar-refractivity contribution in [1.82, 2.24) is 5.32 Å². The Morgan fingerprint density at radius 1 is 1.19 bits per heavy atom. The van der Waals surface area contributed by atoms with Gasteiger partial charge in [-0.15, -0.1) is 0 Å². The van der Waals surface area contributed by atoms with Crippen LogP contribution in [0.25, 0.3) is 0 Å². The number of carbonyl (C=O) groups excluding carboxylic acids is 2. The number of nitro groups is 1. The molecule has 0 saturated carbocycles. The lowest BCUT2D eigenvalue weighted by atomic mass is 10.0. The monoisotopic (exact) mass is 376 g/mol. The number of para-hydroxylation sites is 1. The van der Waals surface area contributed by atoms with E-state index in [-0.39, 0.29) is 24.1 Å². The van der Waals surface area contributed by atoms with Crippen LogP contribution in [0.5, 0.6) is 0 Å². The van der Waals surface area contributed by atoms with Gasteiger partial charge in [-0.25, -0.2) is 0 Å². The molecule has 0 unspecified atom stereocenters. The molecule has 8 heteroatoms. The zero-order valence-corrected chi connectivity index (χ0v) is 14.7. The predicted octanol–water partition coefficient (Wildman–Crippen LogP) is 3.21. The number of ether oxygens (including phenoxy) is 1. The van der Waals surface area contributed by atoms with Crippen LogP contribution in [0.3, 0.4) is 0 Å². The lowest BCUT2D eigenvalue weighted by Gasteiger charge is -2.19. The quantitative estimate of drug-likeness (QED) is 0.454. The summed E-state index contributed by atoms with van der Waals surface area (Å²) in [6.45, 7) is 0. The first kappa shape index (κ1) is 19.4. The van der Waals surface area contributed by atoms with Gasteiger partial charge in [0, 0.05) is 16.7 Å². The summed E-state index contributed by atoms with van der Waals surface area (Å²) in [4.78, 5) is 34.6. The van der Waals surface area contributed by atoms with Crippen LogP contribution in [0.4, 0.5) is 5.69 Å². The van der Waals surface area contributed by atoms with E-state index in [0.29, 0.717) is 10.6 Å². The molecule has 0 spiro atoms. The Morgan fingerprint density at radius 3 is 2.50 bits per heavy atom. The SMILES string of the molecule is COC(=O)C[C@H](NC(=O)Cc1ccccc1[N+](=O)[O-])c1ccccc1Cl. The normalized spacial score (nSPS) is 11.5. The molecule has 0 radical (unpaired) electrons. The fourth-order valence-electron chi connectivity index (χ4n) is 2.50. The minimum absolute atomic E-state index is 0.108. The molecule has 2 aromatic carbocycles. The number of nitrogens with one attached hydrogen (secondary N) is 1. The van der Waals surface area contributed by atoms with Gasteiger partial charge in [0.15, 0.2) is 0 Å². The number of esters is 1. The molecule has 0 aliphatic carbocycles.